The lowest BCUT2D eigenvalue weighted by molar-refractivity contribution is 0.0697. The number of hydrogen-bond acceptors (Lipinski definition) is 2. The van der Waals surface area contributed by atoms with Crippen LogP contribution in [0, 0.1) is 31.6 Å². The maximum atomic E-state index is 10.8. The van der Waals surface area contributed by atoms with E-state index < -0.39 is 5.97 Å². The maximum absolute atomic E-state index is 10.8. The topological polar surface area (TPSA) is 66.0 Å². The van der Waals surface area contributed by atoms with Crippen LogP contribution in [0.4, 0.5) is 0 Å². The van der Waals surface area contributed by atoms with Crippen molar-refractivity contribution in [2.45, 2.75) is 0 Å². The molecule has 17 heavy (non-hydrogen) atoms. The minimum atomic E-state index is -0.934. The van der Waals surface area contributed by atoms with Crippen molar-refractivity contribution in [2.24, 2.45) is 0 Å². The molecule has 1 aliphatic rings. The Morgan fingerprint density at radius 2 is 2.00 bits per heavy atom. The summed E-state index contributed by atoms with van der Waals surface area (Å²) in [7, 11) is 0. The minimum Gasteiger partial charge on any atom is -0.478 e. The summed E-state index contributed by atoms with van der Waals surface area (Å²) in [5.74, 6) is 0.821. The van der Waals surface area contributed by atoms with Gasteiger partial charge in [0.05, 0.1) is 16.6 Å². The molecule has 4 nitrogen and oxygen atoms in total. The molecular formula is C13H9N2O2. The van der Waals surface area contributed by atoms with Crippen molar-refractivity contribution in [1.82, 2.24) is 9.97 Å². The lowest BCUT2D eigenvalue weighted by atomic mass is 10.1. The first kappa shape index (κ1) is 10.3. The van der Waals surface area contributed by atoms with Gasteiger partial charge in [0.25, 0.3) is 0 Å². The number of aromatic nitrogens is 2. The van der Waals surface area contributed by atoms with E-state index in [0.717, 1.165) is 22.8 Å². The van der Waals surface area contributed by atoms with Gasteiger partial charge in [0.15, 0.2) is 0 Å². The zero-order chi connectivity index (χ0) is 11.8. The first-order valence-corrected chi connectivity index (χ1v) is 5.19. The number of aromatic carboxylic acids is 1. The van der Waals surface area contributed by atoms with Crippen LogP contribution in [-0.4, -0.2) is 21.0 Å². The molecule has 2 aromatic rings. The second kappa shape index (κ2) is 3.87. The van der Waals surface area contributed by atoms with Gasteiger partial charge in [-0.15, -0.1) is 0 Å². The summed E-state index contributed by atoms with van der Waals surface area (Å²) in [4.78, 5) is 18.4. The van der Waals surface area contributed by atoms with Gasteiger partial charge in [-0.3, -0.25) is 0 Å². The normalized spacial score (nSPS) is 16.7. The highest BCUT2D eigenvalue weighted by atomic mass is 16.4. The van der Waals surface area contributed by atoms with Gasteiger partial charge in [-0.2, -0.15) is 0 Å². The highest BCUT2D eigenvalue weighted by Crippen LogP contribution is 2.29. The molecule has 5 radical (unpaired) electrons. The van der Waals surface area contributed by atoms with Crippen LogP contribution in [-0.2, 0) is 0 Å². The molecule has 0 spiro atoms. The summed E-state index contributed by atoms with van der Waals surface area (Å²) in [5, 5.41) is 8.90. The van der Waals surface area contributed by atoms with E-state index in [4.69, 9.17) is 5.11 Å². The number of nitrogens with one attached hydrogen (secondary N) is 1. The third-order valence-electron chi connectivity index (χ3n) is 2.66. The van der Waals surface area contributed by atoms with E-state index in [0.29, 0.717) is 0 Å². The molecule has 1 aliphatic carbocycles. The number of hydrogen-bond donors (Lipinski definition) is 2. The Morgan fingerprint density at radius 1 is 1.24 bits per heavy atom. The first-order chi connectivity index (χ1) is 8.24. The number of carboxylic acid groups (broad SMARTS) is 1. The summed E-state index contributed by atoms with van der Waals surface area (Å²) in [5.41, 5.74) is 1.77. The Kier molecular flexibility index (Phi) is 2.35. The number of aromatic amines is 1. The van der Waals surface area contributed by atoms with E-state index in [-0.39, 0.29) is 5.56 Å². The molecule has 1 fully saturated rings. The van der Waals surface area contributed by atoms with Crippen LogP contribution >= 0.6 is 0 Å². The fraction of sp³-hybridized carbons (Fsp3) is 0. The molecule has 1 aromatic heterocycles. The average Bonchev–Trinajstić information content (AvgIpc) is 2.96. The first-order valence-electron chi connectivity index (χ1n) is 5.19. The van der Waals surface area contributed by atoms with Crippen molar-refractivity contribution in [2.75, 3.05) is 0 Å². The van der Waals surface area contributed by atoms with Gasteiger partial charge in [-0.25, -0.2) is 9.78 Å². The molecule has 3 rings (SSSR count). The molecule has 1 saturated carbocycles. The predicted octanol–water partition coefficient (Wildman–Crippen LogP) is 2.01. The van der Waals surface area contributed by atoms with E-state index in [1.165, 1.54) is 0 Å². The molecule has 0 aliphatic heterocycles. The summed E-state index contributed by atoms with van der Waals surface area (Å²) in [6.07, 6.45) is 7.78. The SMILES string of the molecule is O=C(O)c1ccc2nc([C]3[CH][CH][CH][CH]3)[nH]c2c1. The largest absolute Gasteiger partial charge is 0.478 e. The number of imidazole rings is 1. The standard InChI is InChI=1S/C13H9N2O2/c16-13(17)9-5-6-10-11(7-9)15-12(14-10)8-3-1-2-4-8/h1-7H,(H,14,15)(H,16,17). The highest BCUT2D eigenvalue weighted by molar-refractivity contribution is 5.92. The van der Waals surface area contributed by atoms with Gasteiger partial charge < -0.3 is 10.1 Å². The van der Waals surface area contributed by atoms with Crippen molar-refractivity contribution in [1.29, 1.82) is 0 Å². The number of rotatable bonds is 2. The van der Waals surface area contributed by atoms with Crippen LogP contribution < -0.4 is 0 Å². The van der Waals surface area contributed by atoms with E-state index in [1.54, 1.807) is 18.2 Å². The molecule has 1 heterocycles. The van der Waals surface area contributed by atoms with E-state index >= 15 is 0 Å². The highest BCUT2D eigenvalue weighted by Gasteiger charge is 2.22. The van der Waals surface area contributed by atoms with Gasteiger partial charge in [0, 0.05) is 5.92 Å². The van der Waals surface area contributed by atoms with Crippen LogP contribution in [0.3, 0.4) is 0 Å². The summed E-state index contributed by atoms with van der Waals surface area (Å²) in [6.45, 7) is 0. The van der Waals surface area contributed by atoms with Crippen molar-refractivity contribution in [3.63, 3.8) is 0 Å². The van der Waals surface area contributed by atoms with Gasteiger partial charge in [0.1, 0.15) is 5.82 Å². The summed E-state index contributed by atoms with van der Waals surface area (Å²) < 4.78 is 0. The zero-order valence-electron chi connectivity index (χ0n) is 8.84. The Hall–Kier alpha value is -1.84. The maximum Gasteiger partial charge on any atom is 0.335 e. The van der Waals surface area contributed by atoms with Crippen molar-refractivity contribution in [3.05, 3.63) is 61.2 Å². The second-order valence-corrected chi connectivity index (χ2v) is 3.80. The molecule has 0 bridgehead atoms. The van der Waals surface area contributed by atoms with E-state index in [1.807, 2.05) is 25.7 Å². The van der Waals surface area contributed by atoms with Crippen LogP contribution in [0.2, 0.25) is 0 Å². The monoisotopic (exact) mass is 225 g/mol. The van der Waals surface area contributed by atoms with Gasteiger partial charge in [-0.05, 0) is 43.9 Å². The molecule has 2 N–H and O–H groups in total. The lowest BCUT2D eigenvalue weighted by Gasteiger charge is -2.00. The molecule has 0 amide bonds. The van der Waals surface area contributed by atoms with Crippen molar-refractivity contribution in [3.8, 4) is 0 Å². The Morgan fingerprint density at radius 3 is 2.71 bits per heavy atom. The predicted molar refractivity (Wildman–Crippen MR) is 62.6 cm³/mol. The fourth-order valence-electron chi connectivity index (χ4n) is 1.81. The molecule has 1 aromatic carbocycles. The fourth-order valence-corrected chi connectivity index (χ4v) is 1.81. The van der Waals surface area contributed by atoms with E-state index in [2.05, 4.69) is 9.97 Å². The quantitative estimate of drug-likeness (QED) is 0.821. The van der Waals surface area contributed by atoms with Crippen molar-refractivity contribution < 1.29 is 9.90 Å². The number of fused-ring (bicyclic) bond motifs is 1. The third kappa shape index (κ3) is 1.79. The van der Waals surface area contributed by atoms with E-state index in [9.17, 15) is 4.79 Å². The molecule has 0 atom stereocenters. The molecule has 0 unspecified atom stereocenters. The minimum absolute atomic E-state index is 0.259. The Balaban J connectivity index is 2.03. The van der Waals surface area contributed by atoms with Crippen LogP contribution in [0.5, 0.6) is 0 Å². The number of carboxylic acids is 1. The van der Waals surface area contributed by atoms with Crippen LogP contribution in [0.15, 0.2) is 18.2 Å². The van der Waals surface area contributed by atoms with Gasteiger partial charge in [-0.1, -0.05) is 0 Å². The number of H-pyrrole nitrogens is 1. The number of benzene rings is 1. The Bertz CT molecular complexity index is 568. The lowest BCUT2D eigenvalue weighted by Crippen LogP contribution is -1.96. The van der Waals surface area contributed by atoms with Crippen LogP contribution in [0.1, 0.15) is 16.2 Å². The van der Waals surface area contributed by atoms with Gasteiger partial charge in [0.2, 0.25) is 0 Å². The number of nitrogens with zero attached hydrogens (tertiary/aromatic N) is 1. The average molecular weight is 225 g/mol. The summed E-state index contributed by atoms with van der Waals surface area (Å²) in [6, 6.07) is 4.86. The number of carbonyl (C=O) groups is 1. The molecular weight excluding hydrogens is 216 g/mol. The van der Waals surface area contributed by atoms with Crippen molar-refractivity contribution >= 4 is 17.0 Å². The van der Waals surface area contributed by atoms with Gasteiger partial charge >= 0.3 is 5.97 Å². The van der Waals surface area contributed by atoms with Crippen LogP contribution in [0.25, 0.3) is 11.0 Å². The second-order valence-electron chi connectivity index (χ2n) is 3.80. The Labute approximate surface area is 98.7 Å². The third-order valence-corrected chi connectivity index (χ3v) is 2.66. The zero-order valence-corrected chi connectivity index (χ0v) is 8.84. The molecule has 0 saturated heterocycles. The summed E-state index contributed by atoms with van der Waals surface area (Å²) >= 11 is 0. The molecule has 83 valence electrons. The molecule has 4 heteroatoms. The smallest absolute Gasteiger partial charge is 0.335 e.